The Hall–Kier alpha value is -1.18. The molecule has 0 bridgehead atoms. The van der Waals surface area contributed by atoms with Crippen molar-refractivity contribution in [2.45, 2.75) is 65.0 Å². The number of unbranched alkanes of at least 4 members (excludes halogenated alkanes) is 1. The number of benzene rings is 2. The molecule has 1 aromatic heterocycles. The van der Waals surface area contributed by atoms with Crippen molar-refractivity contribution < 1.29 is 32.6 Å². The third kappa shape index (κ3) is 3.17. The molecule has 0 atom stereocenters. The van der Waals surface area contributed by atoms with Gasteiger partial charge in [-0.2, -0.15) is 0 Å². The largest absolute Gasteiger partial charge is 1.00 e. The topological polar surface area (TPSA) is 31.6 Å². The van der Waals surface area contributed by atoms with E-state index >= 15 is 0 Å². The van der Waals surface area contributed by atoms with Crippen LogP contribution in [0.2, 0.25) is 6.32 Å². The minimum absolute atomic E-state index is 0. The van der Waals surface area contributed by atoms with E-state index in [1.165, 1.54) is 0 Å². The minimum Gasteiger partial charge on any atom is -0.558 e. The van der Waals surface area contributed by atoms with E-state index in [1.54, 1.807) is 0 Å². The van der Waals surface area contributed by atoms with E-state index in [2.05, 4.69) is 65.0 Å². The van der Waals surface area contributed by atoms with Crippen molar-refractivity contribution in [1.29, 1.82) is 0 Å². The molecule has 2 heterocycles. The van der Waals surface area contributed by atoms with Crippen LogP contribution in [0.25, 0.3) is 21.9 Å². The maximum absolute atomic E-state index is 6.72. The molecule has 0 radical (unpaired) electrons. The maximum atomic E-state index is 6.72. The van der Waals surface area contributed by atoms with Gasteiger partial charge in [0.2, 0.25) is 0 Å². The standard InChI is InChI=1S/C22H28BO3.Li/c1-6-7-15-23(25-21(2,3)22(4,5)26-23)18-13-10-12-17-16-11-8-9-14-19(16)24-20(17)18;/h8-14H,6-7,15H2,1-5H3;/q-1;+1. The molecule has 0 saturated carbocycles. The van der Waals surface area contributed by atoms with Gasteiger partial charge in [-0.1, -0.05) is 56.2 Å². The van der Waals surface area contributed by atoms with Crippen LogP contribution >= 0.6 is 0 Å². The molecule has 5 heteroatoms. The molecule has 1 fully saturated rings. The summed E-state index contributed by atoms with van der Waals surface area (Å²) in [6.07, 6.45) is 3.04. The number of hydrogen-bond donors (Lipinski definition) is 0. The zero-order chi connectivity index (χ0) is 18.6. The molecular formula is C22H28BLiO3. The maximum Gasteiger partial charge on any atom is 1.00 e. The number of fused-ring (bicyclic) bond motifs is 3. The molecule has 27 heavy (non-hydrogen) atoms. The van der Waals surface area contributed by atoms with E-state index in [9.17, 15) is 0 Å². The molecule has 0 unspecified atom stereocenters. The molecule has 1 aliphatic rings. The summed E-state index contributed by atoms with van der Waals surface area (Å²) in [5.74, 6) is 0. The first-order valence-corrected chi connectivity index (χ1v) is 9.76. The van der Waals surface area contributed by atoms with Gasteiger partial charge in [0.05, 0.1) is 0 Å². The van der Waals surface area contributed by atoms with Crippen molar-refractivity contribution in [3.63, 3.8) is 0 Å². The minimum atomic E-state index is -1.61. The average molecular weight is 358 g/mol. The van der Waals surface area contributed by atoms with Crippen molar-refractivity contribution in [3.8, 4) is 0 Å². The fourth-order valence-electron chi connectivity index (χ4n) is 4.25. The van der Waals surface area contributed by atoms with Gasteiger partial charge in [0.15, 0.2) is 0 Å². The second-order valence-corrected chi connectivity index (χ2v) is 8.59. The second kappa shape index (κ2) is 7.01. The first kappa shape index (κ1) is 20.6. The molecule has 0 amide bonds. The van der Waals surface area contributed by atoms with E-state index in [-0.39, 0.29) is 30.1 Å². The number of furan rings is 1. The zero-order valence-corrected chi connectivity index (χ0v) is 17.5. The van der Waals surface area contributed by atoms with Crippen molar-refractivity contribution in [3.05, 3.63) is 42.5 Å². The fraction of sp³-hybridized carbons (Fsp3) is 0.455. The fourth-order valence-corrected chi connectivity index (χ4v) is 4.25. The average Bonchev–Trinajstić information content (AvgIpc) is 3.05. The van der Waals surface area contributed by atoms with E-state index < -0.39 is 6.55 Å². The first-order chi connectivity index (χ1) is 12.3. The molecule has 1 aliphatic heterocycles. The number of para-hydroxylation sites is 2. The van der Waals surface area contributed by atoms with Crippen LogP contribution in [0.15, 0.2) is 46.9 Å². The Balaban J connectivity index is 0.00000210. The number of rotatable bonds is 4. The summed E-state index contributed by atoms with van der Waals surface area (Å²) in [5, 5.41) is 2.27. The van der Waals surface area contributed by atoms with Crippen LogP contribution in [0.3, 0.4) is 0 Å². The van der Waals surface area contributed by atoms with E-state index in [0.29, 0.717) is 0 Å². The predicted molar refractivity (Wildman–Crippen MR) is 109 cm³/mol. The Kier molecular flexibility index (Phi) is 5.34. The molecule has 0 N–H and O–H groups in total. The van der Waals surface area contributed by atoms with Gasteiger partial charge in [-0.3, -0.25) is 0 Å². The van der Waals surface area contributed by atoms with Gasteiger partial charge in [-0.25, -0.2) is 0 Å². The summed E-state index contributed by atoms with van der Waals surface area (Å²) in [7, 11) is 0. The zero-order valence-electron chi connectivity index (χ0n) is 17.5. The molecule has 1 saturated heterocycles. The monoisotopic (exact) mass is 358 g/mol. The van der Waals surface area contributed by atoms with Crippen LogP contribution in [-0.2, 0) is 9.31 Å². The summed E-state index contributed by atoms with van der Waals surface area (Å²) in [4.78, 5) is 0. The molecule has 0 aliphatic carbocycles. The number of hydrogen-bond acceptors (Lipinski definition) is 3. The van der Waals surface area contributed by atoms with Crippen molar-refractivity contribution >= 4 is 34.0 Å². The molecule has 3 nitrogen and oxygen atoms in total. The van der Waals surface area contributed by atoms with Crippen molar-refractivity contribution in [2.24, 2.45) is 0 Å². The van der Waals surface area contributed by atoms with Gasteiger partial charge in [-0.15, -0.1) is 11.8 Å². The summed E-state index contributed by atoms with van der Waals surface area (Å²) >= 11 is 0. The van der Waals surface area contributed by atoms with Crippen LogP contribution in [-0.4, -0.2) is 17.8 Å². The summed E-state index contributed by atoms with van der Waals surface area (Å²) in [6.45, 7) is 9.10. The van der Waals surface area contributed by atoms with Crippen molar-refractivity contribution in [1.82, 2.24) is 0 Å². The van der Waals surface area contributed by atoms with E-state index in [4.69, 9.17) is 13.7 Å². The van der Waals surface area contributed by atoms with Gasteiger partial charge in [0.25, 0.3) is 6.55 Å². The quantitative estimate of drug-likeness (QED) is 0.672. The Labute approximate surface area is 173 Å². The molecule has 0 spiro atoms. The van der Waals surface area contributed by atoms with E-state index in [1.807, 2.05) is 12.1 Å². The predicted octanol–water partition coefficient (Wildman–Crippen LogP) is 2.64. The molecule has 2 aromatic carbocycles. The molecule has 4 rings (SSSR count). The van der Waals surface area contributed by atoms with Crippen molar-refractivity contribution in [2.75, 3.05) is 0 Å². The SMILES string of the molecule is CCCC[B-]1(c2cccc3c2oc2ccccc23)OC(C)(C)C(C)(C)O1.[Li+]. The Morgan fingerprint density at radius 1 is 0.852 bits per heavy atom. The van der Waals surface area contributed by atoms with Gasteiger partial charge >= 0.3 is 18.9 Å². The van der Waals surface area contributed by atoms with Gasteiger partial charge in [0.1, 0.15) is 11.2 Å². The van der Waals surface area contributed by atoms with Gasteiger partial charge < -0.3 is 13.7 Å². The summed E-state index contributed by atoms with van der Waals surface area (Å²) in [5.41, 5.74) is 2.14. The van der Waals surface area contributed by atoms with Crippen LogP contribution in [0.5, 0.6) is 0 Å². The summed E-state index contributed by atoms with van der Waals surface area (Å²) < 4.78 is 19.7. The van der Waals surface area contributed by atoms with Crippen LogP contribution < -0.4 is 24.3 Å². The molecular weight excluding hydrogens is 330 g/mol. The smallest absolute Gasteiger partial charge is 0.558 e. The molecule has 3 aromatic rings. The third-order valence-corrected chi connectivity index (χ3v) is 6.27. The Morgan fingerprint density at radius 2 is 1.48 bits per heavy atom. The van der Waals surface area contributed by atoms with Crippen LogP contribution in [0.4, 0.5) is 0 Å². The van der Waals surface area contributed by atoms with Gasteiger partial charge in [0, 0.05) is 22.0 Å². The Bertz CT molecular complexity index is 945. The van der Waals surface area contributed by atoms with Gasteiger partial charge in [-0.05, 0) is 33.8 Å². The first-order valence-electron chi connectivity index (χ1n) is 9.76. The van der Waals surface area contributed by atoms with E-state index in [0.717, 1.165) is 46.6 Å². The molecule has 138 valence electrons. The van der Waals surface area contributed by atoms with Crippen LogP contribution in [0, 0.1) is 0 Å². The Morgan fingerprint density at radius 3 is 2.15 bits per heavy atom. The third-order valence-electron chi connectivity index (χ3n) is 6.27. The van der Waals surface area contributed by atoms with Crippen LogP contribution in [0.1, 0.15) is 47.5 Å². The second-order valence-electron chi connectivity index (χ2n) is 8.59. The summed E-state index contributed by atoms with van der Waals surface area (Å²) in [6, 6.07) is 14.5. The normalized spacial score (nSPS) is 20.0.